The second-order valence-electron chi connectivity index (χ2n) is 12.0. The molecule has 1 aromatic rings. The summed E-state index contributed by atoms with van der Waals surface area (Å²) < 4.78 is 12.7. The standard InChI is InChI=1S/C31H52N4O5/c1-22-19-35(23(2)21-36)30(37)27-18-26(33(4)5)15-16-28(27)40-24(3)12-10-11-17-39-29(22)20-34(6)31(38)32-25-13-8-7-9-14-25/h15-16,18,22-25,29,36H,7-14,17,19-21H2,1-6H3,(H,32,38)/t22-,23+,24+,29-/m0/s1. The van der Waals surface area contributed by atoms with E-state index in [0.717, 1.165) is 50.6 Å². The fourth-order valence-electron chi connectivity index (χ4n) is 5.54. The van der Waals surface area contributed by atoms with Gasteiger partial charge in [-0.05, 0) is 64.2 Å². The normalized spacial score (nSPS) is 24.3. The molecule has 9 nitrogen and oxygen atoms in total. The van der Waals surface area contributed by atoms with Gasteiger partial charge in [-0.3, -0.25) is 4.79 Å². The van der Waals surface area contributed by atoms with Gasteiger partial charge in [0.2, 0.25) is 0 Å². The van der Waals surface area contributed by atoms with Crippen molar-refractivity contribution in [3.05, 3.63) is 23.8 Å². The third-order valence-electron chi connectivity index (χ3n) is 8.28. The number of carbonyl (C=O) groups is 2. The van der Waals surface area contributed by atoms with Crippen LogP contribution >= 0.6 is 0 Å². The van der Waals surface area contributed by atoms with Crippen LogP contribution in [0.15, 0.2) is 18.2 Å². The molecular formula is C31H52N4O5. The van der Waals surface area contributed by atoms with E-state index >= 15 is 0 Å². The van der Waals surface area contributed by atoms with Gasteiger partial charge in [0.05, 0.1) is 30.4 Å². The first-order valence-corrected chi connectivity index (χ1v) is 15.1. The Morgan fingerprint density at radius 2 is 1.80 bits per heavy atom. The summed E-state index contributed by atoms with van der Waals surface area (Å²) in [6.45, 7) is 7.16. The first kappa shape index (κ1) is 32.0. The smallest absolute Gasteiger partial charge is 0.317 e. The van der Waals surface area contributed by atoms with Gasteiger partial charge in [-0.2, -0.15) is 0 Å². The van der Waals surface area contributed by atoms with Crippen molar-refractivity contribution in [3.8, 4) is 5.75 Å². The number of aliphatic hydroxyl groups excluding tert-OH is 1. The molecular weight excluding hydrogens is 508 g/mol. The van der Waals surface area contributed by atoms with Crippen molar-refractivity contribution >= 4 is 17.6 Å². The quantitative estimate of drug-likeness (QED) is 0.531. The third-order valence-corrected chi connectivity index (χ3v) is 8.28. The van der Waals surface area contributed by atoms with Gasteiger partial charge in [-0.15, -0.1) is 0 Å². The third kappa shape index (κ3) is 8.99. The van der Waals surface area contributed by atoms with Crippen LogP contribution in [0.4, 0.5) is 10.5 Å². The Balaban J connectivity index is 1.85. The number of nitrogens with zero attached hydrogens (tertiary/aromatic N) is 3. The van der Waals surface area contributed by atoms with Crippen LogP contribution in [0.3, 0.4) is 0 Å². The molecule has 40 heavy (non-hydrogen) atoms. The van der Waals surface area contributed by atoms with Crippen LogP contribution in [0.2, 0.25) is 0 Å². The van der Waals surface area contributed by atoms with E-state index in [1.165, 1.54) is 6.42 Å². The molecule has 9 heteroatoms. The van der Waals surface area contributed by atoms with Crippen molar-refractivity contribution < 1.29 is 24.2 Å². The predicted octanol–water partition coefficient (Wildman–Crippen LogP) is 4.52. The molecule has 2 N–H and O–H groups in total. The van der Waals surface area contributed by atoms with Crippen molar-refractivity contribution in [1.82, 2.24) is 15.1 Å². The molecule has 3 amide bonds. The lowest BCUT2D eigenvalue weighted by Gasteiger charge is -2.36. The summed E-state index contributed by atoms with van der Waals surface area (Å²) in [6.07, 6.45) is 7.97. The number of nitrogens with one attached hydrogen (secondary N) is 1. The average molecular weight is 561 g/mol. The SMILES string of the molecule is C[C@@H]1CCCCO[C@@H](CN(C)C(=O)NC2CCCCC2)[C@@H](C)CN([C@H](C)CO)C(=O)c2cc(N(C)C)ccc2O1. The number of hydrogen-bond donors (Lipinski definition) is 2. The molecule has 4 atom stereocenters. The number of ether oxygens (including phenoxy) is 2. The molecule has 3 rings (SSSR count). The molecule has 0 aromatic heterocycles. The number of urea groups is 1. The summed E-state index contributed by atoms with van der Waals surface area (Å²) in [6, 6.07) is 5.47. The number of hydrogen-bond acceptors (Lipinski definition) is 6. The molecule has 1 aromatic carbocycles. The number of rotatable bonds is 6. The highest BCUT2D eigenvalue weighted by atomic mass is 16.5. The van der Waals surface area contributed by atoms with Crippen molar-refractivity contribution in [2.24, 2.45) is 5.92 Å². The Labute approximate surface area is 241 Å². The van der Waals surface area contributed by atoms with Crippen LogP contribution in [0.1, 0.15) is 82.5 Å². The van der Waals surface area contributed by atoms with Crippen LogP contribution < -0.4 is 15.0 Å². The lowest BCUT2D eigenvalue weighted by molar-refractivity contribution is -0.0123. The highest BCUT2D eigenvalue weighted by Crippen LogP contribution is 2.29. The molecule has 1 aliphatic heterocycles. The zero-order chi connectivity index (χ0) is 29.2. The van der Waals surface area contributed by atoms with Crippen LogP contribution in [0, 0.1) is 5.92 Å². The monoisotopic (exact) mass is 560 g/mol. The molecule has 0 bridgehead atoms. The Morgan fingerprint density at radius 1 is 1.10 bits per heavy atom. The summed E-state index contributed by atoms with van der Waals surface area (Å²) in [5.41, 5.74) is 1.39. The number of carbonyl (C=O) groups excluding carboxylic acids is 2. The average Bonchev–Trinajstić information content (AvgIpc) is 2.94. The molecule has 1 heterocycles. The maximum Gasteiger partial charge on any atom is 0.317 e. The Bertz CT molecular complexity index is 952. The summed E-state index contributed by atoms with van der Waals surface area (Å²) in [5, 5.41) is 13.3. The Hall–Kier alpha value is -2.52. The lowest BCUT2D eigenvalue weighted by Crippen LogP contribution is -2.50. The molecule has 0 unspecified atom stereocenters. The van der Waals surface area contributed by atoms with E-state index in [9.17, 15) is 14.7 Å². The number of amides is 3. The van der Waals surface area contributed by atoms with E-state index in [1.807, 2.05) is 58.1 Å². The number of likely N-dealkylation sites (N-methyl/N-ethyl adjacent to an activating group) is 1. The lowest BCUT2D eigenvalue weighted by atomic mass is 9.96. The second-order valence-corrected chi connectivity index (χ2v) is 12.0. The zero-order valence-electron chi connectivity index (χ0n) is 25.5. The van der Waals surface area contributed by atoms with Gasteiger partial charge >= 0.3 is 6.03 Å². The largest absolute Gasteiger partial charge is 0.490 e. The van der Waals surface area contributed by atoms with Crippen molar-refractivity contribution in [2.75, 3.05) is 52.3 Å². The van der Waals surface area contributed by atoms with Gasteiger partial charge in [-0.25, -0.2) is 4.79 Å². The highest BCUT2D eigenvalue weighted by molar-refractivity contribution is 5.98. The van der Waals surface area contributed by atoms with Gasteiger partial charge in [0.1, 0.15) is 5.75 Å². The fraction of sp³-hybridized carbons (Fsp3) is 0.742. The van der Waals surface area contributed by atoms with Crippen LogP contribution in [0.25, 0.3) is 0 Å². The molecule has 226 valence electrons. The molecule has 1 aliphatic carbocycles. The minimum absolute atomic E-state index is 0.0623. The van der Waals surface area contributed by atoms with Crippen LogP contribution in [-0.2, 0) is 4.74 Å². The number of benzene rings is 1. The summed E-state index contributed by atoms with van der Waals surface area (Å²) in [4.78, 5) is 32.5. The zero-order valence-corrected chi connectivity index (χ0v) is 25.5. The van der Waals surface area contributed by atoms with Crippen LogP contribution in [0.5, 0.6) is 5.75 Å². The highest BCUT2D eigenvalue weighted by Gasteiger charge is 2.31. The summed E-state index contributed by atoms with van der Waals surface area (Å²) in [5.74, 6) is 0.305. The Kier molecular flexibility index (Phi) is 12.4. The van der Waals surface area contributed by atoms with E-state index in [2.05, 4.69) is 12.2 Å². The topological polar surface area (TPSA) is 94.6 Å². The number of anilines is 1. The maximum atomic E-state index is 14.1. The second kappa shape index (κ2) is 15.5. The minimum atomic E-state index is -0.399. The van der Waals surface area contributed by atoms with Gasteiger partial charge < -0.3 is 34.6 Å². The van der Waals surface area contributed by atoms with E-state index < -0.39 is 6.04 Å². The molecule has 1 fully saturated rings. The Morgan fingerprint density at radius 3 is 2.48 bits per heavy atom. The van der Waals surface area contributed by atoms with E-state index in [0.29, 0.717) is 31.0 Å². The number of fused-ring (bicyclic) bond motifs is 1. The molecule has 2 aliphatic rings. The maximum absolute atomic E-state index is 14.1. The summed E-state index contributed by atoms with van der Waals surface area (Å²) >= 11 is 0. The molecule has 0 spiro atoms. The predicted molar refractivity (Wildman–Crippen MR) is 159 cm³/mol. The molecule has 1 saturated carbocycles. The van der Waals surface area contributed by atoms with Gasteiger partial charge in [0, 0.05) is 58.5 Å². The first-order chi connectivity index (χ1) is 19.1. The van der Waals surface area contributed by atoms with E-state index in [-0.39, 0.29) is 42.7 Å². The van der Waals surface area contributed by atoms with Gasteiger partial charge in [-0.1, -0.05) is 26.2 Å². The molecule has 0 saturated heterocycles. The van der Waals surface area contributed by atoms with Gasteiger partial charge in [0.15, 0.2) is 0 Å². The fourth-order valence-corrected chi connectivity index (χ4v) is 5.54. The minimum Gasteiger partial charge on any atom is -0.490 e. The van der Waals surface area contributed by atoms with E-state index in [4.69, 9.17) is 9.47 Å². The summed E-state index contributed by atoms with van der Waals surface area (Å²) in [7, 11) is 5.70. The first-order valence-electron chi connectivity index (χ1n) is 15.1. The van der Waals surface area contributed by atoms with Crippen molar-refractivity contribution in [1.29, 1.82) is 0 Å². The number of aliphatic hydroxyl groups is 1. The van der Waals surface area contributed by atoms with E-state index in [1.54, 1.807) is 9.80 Å². The van der Waals surface area contributed by atoms with Gasteiger partial charge in [0.25, 0.3) is 5.91 Å². The van der Waals surface area contributed by atoms with Crippen LogP contribution in [-0.4, -0.2) is 98.6 Å². The van der Waals surface area contributed by atoms with Crippen molar-refractivity contribution in [2.45, 2.75) is 96.4 Å². The molecule has 0 radical (unpaired) electrons. The van der Waals surface area contributed by atoms with Crippen molar-refractivity contribution in [3.63, 3.8) is 0 Å².